The van der Waals surface area contributed by atoms with Crippen LogP contribution >= 0.6 is 11.3 Å². The van der Waals surface area contributed by atoms with Crippen molar-refractivity contribution < 1.29 is 14.3 Å². The molecule has 1 aromatic carbocycles. The van der Waals surface area contributed by atoms with E-state index in [-0.39, 0.29) is 11.8 Å². The van der Waals surface area contributed by atoms with Crippen molar-refractivity contribution >= 4 is 28.8 Å². The molecular formula is C15H16N2O3S. The summed E-state index contributed by atoms with van der Waals surface area (Å²) in [5.74, 6) is 0.0136. The zero-order valence-electron chi connectivity index (χ0n) is 11.8. The standard InChI is InChI=1S/C15H16N2O3S/c1-10(16-15(19)13-8-5-9-21-13)14(18)17-11-6-3-4-7-12(11)20-2/h3-10H,1-2H3,(H,16,19)(H,17,18)/t10-/m1/s1. The van der Waals surface area contributed by atoms with Crippen LogP contribution in [0.25, 0.3) is 0 Å². The van der Waals surface area contributed by atoms with Gasteiger partial charge in [0, 0.05) is 0 Å². The smallest absolute Gasteiger partial charge is 0.261 e. The molecule has 1 heterocycles. The third-order valence-corrected chi connectivity index (χ3v) is 3.72. The number of carbonyl (C=O) groups is 2. The van der Waals surface area contributed by atoms with Crippen molar-refractivity contribution in [2.75, 3.05) is 12.4 Å². The Hall–Kier alpha value is -2.34. The first-order valence-electron chi connectivity index (χ1n) is 6.40. The van der Waals surface area contributed by atoms with Gasteiger partial charge >= 0.3 is 0 Å². The number of rotatable bonds is 5. The predicted molar refractivity (Wildman–Crippen MR) is 82.9 cm³/mol. The number of carbonyl (C=O) groups excluding carboxylic acids is 2. The first kappa shape index (κ1) is 15.1. The molecule has 21 heavy (non-hydrogen) atoms. The van der Waals surface area contributed by atoms with Crippen LogP contribution in [-0.4, -0.2) is 25.0 Å². The molecule has 0 aliphatic rings. The zero-order valence-corrected chi connectivity index (χ0v) is 12.6. The molecule has 0 bridgehead atoms. The van der Waals surface area contributed by atoms with Crippen molar-refractivity contribution in [2.24, 2.45) is 0 Å². The van der Waals surface area contributed by atoms with E-state index in [1.165, 1.54) is 18.4 Å². The molecule has 0 unspecified atom stereocenters. The highest BCUT2D eigenvalue weighted by Crippen LogP contribution is 2.23. The molecule has 0 saturated heterocycles. The number of para-hydroxylation sites is 2. The van der Waals surface area contributed by atoms with E-state index in [1.807, 2.05) is 11.4 Å². The molecule has 0 saturated carbocycles. The van der Waals surface area contributed by atoms with Gasteiger partial charge in [0.1, 0.15) is 11.8 Å². The molecule has 0 fully saturated rings. The topological polar surface area (TPSA) is 67.4 Å². The van der Waals surface area contributed by atoms with Gasteiger partial charge in [-0.15, -0.1) is 11.3 Å². The fraction of sp³-hybridized carbons (Fsp3) is 0.200. The minimum absolute atomic E-state index is 0.257. The van der Waals surface area contributed by atoms with Crippen molar-refractivity contribution in [3.63, 3.8) is 0 Å². The second-order valence-corrected chi connectivity index (χ2v) is 5.31. The average Bonchev–Trinajstić information content (AvgIpc) is 3.02. The van der Waals surface area contributed by atoms with Crippen molar-refractivity contribution in [2.45, 2.75) is 13.0 Å². The van der Waals surface area contributed by atoms with Gasteiger partial charge in [0.2, 0.25) is 5.91 Å². The van der Waals surface area contributed by atoms with Crippen LogP contribution in [0.5, 0.6) is 5.75 Å². The molecule has 110 valence electrons. The van der Waals surface area contributed by atoms with Crippen molar-refractivity contribution in [3.05, 3.63) is 46.7 Å². The van der Waals surface area contributed by atoms with Crippen molar-refractivity contribution in [1.82, 2.24) is 5.32 Å². The van der Waals surface area contributed by atoms with Gasteiger partial charge in [-0.1, -0.05) is 18.2 Å². The molecule has 1 atom stereocenters. The fourth-order valence-electron chi connectivity index (χ4n) is 1.73. The summed E-state index contributed by atoms with van der Waals surface area (Å²) in [5.41, 5.74) is 0.572. The van der Waals surface area contributed by atoms with Gasteiger partial charge in [-0.3, -0.25) is 9.59 Å². The van der Waals surface area contributed by atoms with Gasteiger partial charge in [0.05, 0.1) is 17.7 Å². The van der Waals surface area contributed by atoms with Crippen LogP contribution in [0.2, 0.25) is 0 Å². The highest BCUT2D eigenvalue weighted by atomic mass is 32.1. The van der Waals surface area contributed by atoms with Crippen LogP contribution in [0, 0.1) is 0 Å². The molecule has 2 amide bonds. The summed E-state index contributed by atoms with van der Waals surface area (Å²) < 4.78 is 5.17. The number of ether oxygens (including phenoxy) is 1. The summed E-state index contributed by atoms with van der Waals surface area (Å²) in [4.78, 5) is 24.6. The monoisotopic (exact) mass is 304 g/mol. The third kappa shape index (κ3) is 3.82. The quantitative estimate of drug-likeness (QED) is 0.892. The largest absolute Gasteiger partial charge is 0.495 e. The SMILES string of the molecule is COc1ccccc1NC(=O)[C@@H](C)NC(=O)c1cccs1. The van der Waals surface area contributed by atoms with E-state index in [1.54, 1.807) is 37.3 Å². The van der Waals surface area contributed by atoms with Gasteiger partial charge in [-0.25, -0.2) is 0 Å². The third-order valence-electron chi connectivity index (χ3n) is 2.85. The van der Waals surface area contributed by atoms with Crippen LogP contribution in [0.1, 0.15) is 16.6 Å². The van der Waals surface area contributed by atoms with E-state index in [4.69, 9.17) is 4.74 Å². The maximum Gasteiger partial charge on any atom is 0.261 e. The number of benzene rings is 1. The van der Waals surface area contributed by atoms with Gasteiger partial charge in [-0.2, -0.15) is 0 Å². The molecule has 6 heteroatoms. The Bertz CT molecular complexity index is 626. The first-order valence-corrected chi connectivity index (χ1v) is 7.28. The van der Waals surface area contributed by atoms with Crippen LogP contribution in [0.15, 0.2) is 41.8 Å². The minimum atomic E-state index is -0.649. The van der Waals surface area contributed by atoms with Crippen LogP contribution in [0.4, 0.5) is 5.69 Å². The summed E-state index contributed by atoms with van der Waals surface area (Å²) >= 11 is 1.33. The van der Waals surface area contributed by atoms with Gasteiger partial charge in [-0.05, 0) is 30.5 Å². The summed E-state index contributed by atoms with van der Waals surface area (Å²) in [5, 5.41) is 7.21. The Labute approximate surface area is 126 Å². The van der Waals surface area contributed by atoms with E-state index in [2.05, 4.69) is 10.6 Å². The Balaban J connectivity index is 1.98. The summed E-state index contributed by atoms with van der Waals surface area (Å²) in [7, 11) is 1.53. The normalized spacial score (nSPS) is 11.5. The van der Waals surface area contributed by atoms with Crippen LogP contribution < -0.4 is 15.4 Å². The van der Waals surface area contributed by atoms with Gasteiger partial charge < -0.3 is 15.4 Å². The molecule has 5 nitrogen and oxygen atoms in total. The highest BCUT2D eigenvalue weighted by Gasteiger charge is 2.18. The van der Waals surface area contributed by atoms with Crippen molar-refractivity contribution in [1.29, 1.82) is 0 Å². The van der Waals surface area contributed by atoms with E-state index in [0.29, 0.717) is 16.3 Å². The molecule has 2 N–H and O–H groups in total. The Kier molecular flexibility index (Phi) is 4.94. The van der Waals surface area contributed by atoms with E-state index >= 15 is 0 Å². The second kappa shape index (κ2) is 6.90. The lowest BCUT2D eigenvalue weighted by Crippen LogP contribution is -2.41. The predicted octanol–water partition coefficient (Wildman–Crippen LogP) is 2.51. The lowest BCUT2D eigenvalue weighted by molar-refractivity contribution is -0.117. The number of thiophene rings is 1. The maximum absolute atomic E-state index is 12.1. The lowest BCUT2D eigenvalue weighted by Gasteiger charge is -2.15. The van der Waals surface area contributed by atoms with Crippen LogP contribution in [0.3, 0.4) is 0 Å². The molecular weight excluding hydrogens is 288 g/mol. The highest BCUT2D eigenvalue weighted by molar-refractivity contribution is 7.12. The van der Waals surface area contributed by atoms with E-state index < -0.39 is 6.04 Å². The minimum Gasteiger partial charge on any atom is -0.495 e. The number of nitrogens with one attached hydrogen (secondary N) is 2. The molecule has 0 spiro atoms. The first-order chi connectivity index (χ1) is 10.1. The van der Waals surface area contributed by atoms with Crippen LogP contribution in [-0.2, 0) is 4.79 Å². The molecule has 2 rings (SSSR count). The summed E-state index contributed by atoms with van der Waals surface area (Å²) in [6, 6.07) is 9.97. The van der Waals surface area contributed by atoms with Crippen molar-refractivity contribution in [3.8, 4) is 5.75 Å². The summed E-state index contributed by atoms with van der Waals surface area (Å²) in [6.45, 7) is 1.64. The van der Waals surface area contributed by atoms with E-state index in [0.717, 1.165) is 0 Å². The van der Waals surface area contributed by atoms with Gasteiger partial charge in [0.15, 0.2) is 0 Å². The lowest BCUT2D eigenvalue weighted by atomic mass is 10.2. The molecule has 2 aromatic rings. The number of methoxy groups -OCH3 is 1. The fourth-order valence-corrected chi connectivity index (χ4v) is 2.36. The van der Waals surface area contributed by atoms with E-state index in [9.17, 15) is 9.59 Å². The molecule has 1 aromatic heterocycles. The number of hydrogen-bond donors (Lipinski definition) is 2. The zero-order chi connectivity index (χ0) is 15.2. The average molecular weight is 304 g/mol. The molecule has 0 aliphatic carbocycles. The number of anilines is 1. The molecule has 0 radical (unpaired) electrons. The Morgan fingerprint density at radius 1 is 1.19 bits per heavy atom. The Morgan fingerprint density at radius 3 is 2.62 bits per heavy atom. The molecule has 0 aliphatic heterocycles. The Morgan fingerprint density at radius 2 is 1.95 bits per heavy atom. The number of hydrogen-bond acceptors (Lipinski definition) is 4. The number of amides is 2. The summed E-state index contributed by atoms with van der Waals surface area (Å²) in [6.07, 6.45) is 0. The maximum atomic E-state index is 12.1. The van der Waals surface area contributed by atoms with Gasteiger partial charge in [0.25, 0.3) is 5.91 Å². The second-order valence-electron chi connectivity index (χ2n) is 4.36.